The number of carbonyl (C=O) groups is 1. The largest absolute Gasteiger partial charge is 0.458 e. The minimum atomic E-state index is -3.68. The van der Waals surface area contributed by atoms with Gasteiger partial charge in [0.05, 0.1) is 11.5 Å². The number of aryl methyl sites for hydroxylation is 1. The lowest BCUT2D eigenvalue weighted by atomic mass is 10.2. The van der Waals surface area contributed by atoms with Crippen LogP contribution in [0.3, 0.4) is 0 Å². The summed E-state index contributed by atoms with van der Waals surface area (Å²) in [5.74, 6) is 0.613. The Morgan fingerprint density at radius 1 is 1.07 bits per heavy atom. The fraction of sp³-hybridized carbons (Fsp3) is 0.650. The summed E-state index contributed by atoms with van der Waals surface area (Å²) in [4.78, 5) is 11.7. The predicted octanol–water partition coefficient (Wildman–Crippen LogP) is 3.47. The third kappa shape index (κ3) is 7.99. The molecule has 1 aliphatic rings. The standard InChI is InChI=1S/C20H30O6S/c1-15-5-7-18(8-6-15)27(22,23)25-12-10-17-13-16(17)9-11-24-14-19(21)26-20(2,3)4/h5-8,16-17H,9-14H2,1-4H3. The van der Waals surface area contributed by atoms with E-state index in [0.29, 0.717) is 24.9 Å². The van der Waals surface area contributed by atoms with Crippen LogP contribution in [0.2, 0.25) is 0 Å². The Morgan fingerprint density at radius 3 is 2.26 bits per heavy atom. The van der Waals surface area contributed by atoms with Gasteiger partial charge in [-0.2, -0.15) is 8.42 Å². The zero-order valence-electron chi connectivity index (χ0n) is 16.6. The summed E-state index contributed by atoms with van der Waals surface area (Å²) in [7, 11) is -3.68. The molecule has 0 saturated heterocycles. The van der Waals surface area contributed by atoms with Crippen LogP contribution in [0.15, 0.2) is 29.2 Å². The first-order valence-corrected chi connectivity index (χ1v) is 10.7. The van der Waals surface area contributed by atoms with Crippen molar-refractivity contribution in [3.63, 3.8) is 0 Å². The van der Waals surface area contributed by atoms with Crippen molar-refractivity contribution in [2.75, 3.05) is 19.8 Å². The summed E-state index contributed by atoms with van der Waals surface area (Å²) in [5.41, 5.74) is 0.504. The lowest BCUT2D eigenvalue weighted by Gasteiger charge is -2.19. The smallest absolute Gasteiger partial charge is 0.332 e. The molecule has 2 rings (SSSR count). The van der Waals surface area contributed by atoms with Crippen LogP contribution in [-0.4, -0.2) is 39.8 Å². The molecule has 0 heterocycles. The van der Waals surface area contributed by atoms with Crippen LogP contribution in [-0.2, 0) is 28.6 Å². The Bertz CT molecular complexity index is 718. The van der Waals surface area contributed by atoms with Gasteiger partial charge in [-0.3, -0.25) is 4.18 Å². The summed E-state index contributed by atoms with van der Waals surface area (Å²) in [6, 6.07) is 6.63. The van der Waals surface area contributed by atoms with Gasteiger partial charge in [0.25, 0.3) is 10.1 Å². The van der Waals surface area contributed by atoms with E-state index in [2.05, 4.69) is 0 Å². The van der Waals surface area contributed by atoms with Gasteiger partial charge in [0, 0.05) is 6.61 Å². The average Bonchev–Trinajstić information content (AvgIpc) is 3.28. The first-order valence-electron chi connectivity index (χ1n) is 9.32. The molecule has 0 spiro atoms. The zero-order chi connectivity index (χ0) is 20.1. The fourth-order valence-electron chi connectivity index (χ4n) is 2.86. The monoisotopic (exact) mass is 398 g/mol. The Balaban J connectivity index is 1.58. The van der Waals surface area contributed by atoms with Crippen molar-refractivity contribution in [1.82, 2.24) is 0 Å². The highest BCUT2D eigenvalue weighted by Crippen LogP contribution is 2.43. The van der Waals surface area contributed by atoms with Gasteiger partial charge < -0.3 is 9.47 Å². The Hall–Kier alpha value is -1.44. The second-order valence-corrected chi connectivity index (χ2v) is 9.68. The normalized spacial score (nSPS) is 19.7. The summed E-state index contributed by atoms with van der Waals surface area (Å²) in [6.45, 7) is 8.02. The first-order chi connectivity index (χ1) is 12.6. The topological polar surface area (TPSA) is 78.9 Å². The van der Waals surface area contributed by atoms with Gasteiger partial charge in [-0.25, -0.2) is 4.79 Å². The van der Waals surface area contributed by atoms with Crippen LogP contribution in [0.25, 0.3) is 0 Å². The highest BCUT2D eigenvalue weighted by molar-refractivity contribution is 7.86. The van der Waals surface area contributed by atoms with E-state index in [9.17, 15) is 13.2 Å². The molecule has 1 fully saturated rings. The third-order valence-electron chi connectivity index (χ3n) is 4.38. The summed E-state index contributed by atoms with van der Waals surface area (Å²) in [6.07, 6.45) is 2.61. The molecule has 1 aromatic carbocycles. The minimum Gasteiger partial charge on any atom is -0.458 e. The molecule has 6 nitrogen and oxygen atoms in total. The molecule has 2 unspecified atom stereocenters. The van der Waals surface area contributed by atoms with Crippen molar-refractivity contribution < 1.29 is 26.9 Å². The van der Waals surface area contributed by atoms with E-state index in [-0.39, 0.29) is 24.1 Å². The quantitative estimate of drug-likeness (QED) is 0.341. The Labute approximate surface area is 162 Å². The number of rotatable bonds is 10. The van der Waals surface area contributed by atoms with E-state index in [1.54, 1.807) is 24.3 Å². The number of hydrogen-bond donors (Lipinski definition) is 0. The van der Waals surface area contributed by atoms with Gasteiger partial charge >= 0.3 is 5.97 Å². The number of esters is 1. The highest BCUT2D eigenvalue weighted by atomic mass is 32.2. The Morgan fingerprint density at radius 2 is 1.67 bits per heavy atom. The zero-order valence-corrected chi connectivity index (χ0v) is 17.4. The molecule has 0 amide bonds. The van der Waals surface area contributed by atoms with Crippen molar-refractivity contribution in [3.8, 4) is 0 Å². The molecule has 152 valence electrons. The Kier molecular flexibility index (Phi) is 7.42. The van der Waals surface area contributed by atoms with Gasteiger partial charge in [0.1, 0.15) is 12.2 Å². The van der Waals surface area contributed by atoms with E-state index < -0.39 is 15.7 Å². The van der Waals surface area contributed by atoms with Crippen LogP contribution in [0, 0.1) is 18.8 Å². The maximum Gasteiger partial charge on any atom is 0.332 e. The molecule has 27 heavy (non-hydrogen) atoms. The molecule has 7 heteroatoms. The van der Waals surface area contributed by atoms with Crippen LogP contribution in [0.5, 0.6) is 0 Å². The maximum absolute atomic E-state index is 12.1. The molecule has 0 aliphatic heterocycles. The van der Waals surface area contributed by atoms with E-state index in [1.807, 2.05) is 27.7 Å². The highest BCUT2D eigenvalue weighted by Gasteiger charge is 2.36. The predicted molar refractivity (Wildman–Crippen MR) is 102 cm³/mol. The summed E-state index contributed by atoms with van der Waals surface area (Å²) in [5, 5.41) is 0. The van der Waals surface area contributed by atoms with Gasteiger partial charge in [-0.1, -0.05) is 17.7 Å². The molecular formula is C20H30O6S. The fourth-order valence-corrected chi connectivity index (χ4v) is 3.78. The average molecular weight is 399 g/mol. The van der Waals surface area contributed by atoms with Crippen molar-refractivity contribution in [1.29, 1.82) is 0 Å². The molecule has 1 aromatic rings. The van der Waals surface area contributed by atoms with Crippen molar-refractivity contribution in [2.45, 2.75) is 57.5 Å². The van der Waals surface area contributed by atoms with E-state index >= 15 is 0 Å². The molecule has 0 N–H and O–H groups in total. The second-order valence-electron chi connectivity index (χ2n) is 8.06. The van der Waals surface area contributed by atoms with Crippen LogP contribution in [0.4, 0.5) is 0 Å². The van der Waals surface area contributed by atoms with Gasteiger partial charge in [-0.05, 0) is 70.9 Å². The molecule has 1 saturated carbocycles. The lowest BCUT2D eigenvalue weighted by molar-refractivity contribution is -0.160. The number of benzene rings is 1. The van der Waals surface area contributed by atoms with Gasteiger partial charge in [-0.15, -0.1) is 0 Å². The number of hydrogen-bond acceptors (Lipinski definition) is 6. The second kappa shape index (κ2) is 9.17. The van der Waals surface area contributed by atoms with Crippen LogP contribution >= 0.6 is 0 Å². The van der Waals surface area contributed by atoms with E-state index in [1.165, 1.54) is 0 Å². The van der Waals surface area contributed by atoms with Crippen molar-refractivity contribution in [2.24, 2.45) is 11.8 Å². The first kappa shape index (κ1) is 21.9. The minimum absolute atomic E-state index is 0.0352. The molecule has 2 atom stereocenters. The summed E-state index contributed by atoms with van der Waals surface area (Å²) >= 11 is 0. The van der Waals surface area contributed by atoms with Gasteiger partial charge in [0.2, 0.25) is 0 Å². The van der Waals surface area contributed by atoms with E-state index in [4.69, 9.17) is 13.7 Å². The molecule has 0 bridgehead atoms. The third-order valence-corrected chi connectivity index (χ3v) is 5.71. The lowest BCUT2D eigenvalue weighted by Crippen LogP contribution is -2.26. The molecular weight excluding hydrogens is 368 g/mol. The SMILES string of the molecule is Cc1ccc(S(=O)(=O)OCCC2CC2CCOCC(=O)OC(C)(C)C)cc1. The maximum atomic E-state index is 12.1. The molecule has 1 aliphatic carbocycles. The number of carbonyl (C=O) groups excluding carboxylic acids is 1. The molecule has 0 radical (unpaired) electrons. The van der Waals surface area contributed by atoms with E-state index in [0.717, 1.165) is 18.4 Å². The van der Waals surface area contributed by atoms with Gasteiger partial charge in [0.15, 0.2) is 0 Å². The van der Waals surface area contributed by atoms with Crippen LogP contribution < -0.4 is 0 Å². The number of ether oxygens (including phenoxy) is 2. The summed E-state index contributed by atoms with van der Waals surface area (Å²) < 4.78 is 39.9. The molecule has 0 aromatic heterocycles. The van der Waals surface area contributed by atoms with Crippen molar-refractivity contribution >= 4 is 16.1 Å². The van der Waals surface area contributed by atoms with Crippen molar-refractivity contribution in [3.05, 3.63) is 29.8 Å². The van der Waals surface area contributed by atoms with Crippen LogP contribution in [0.1, 0.15) is 45.6 Å².